The molecule has 0 aliphatic heterocycles. The van der Waals surface area contributed by atoms with Gasteiger partial charge in [0.05, 0.1) is 30.5 Å². The molecule has 0 aliphatic carbocycles. The monoisotopic (exact) mass is 307 g/mol. The van der Waals surface area contributed by atoms with E-state index in [0.29, 0.717) is 17.8 Å². The van der Waals surface area contributed by atoms with Gasteiger partial charge in [0, 0.05) is 0 Å². The van der Waals surface area contributed by atoms with Gasteiger partial charge < -0.3 is 0 Å². The van der Waals surface area contributed by atoms with Gasteiger partial charge in [-0.05, 0) is 29.0 Å². The minimum Gasteiger partial charge on any atom is -0.253 e. The van der Waals surface area contributed by atoms with Crippen molar-refractivity contribution in [3.8, 4) is 11.6 Å². The molecule has 0 aliphatic rings. The molecule has 3 rings (SSSR count). The number of nitrogens with zero attached hydrogens (tertiary/aromatic N) is 4. The summed E-state index contributed by atoms with van der Waals surface area (Å²) >= 11 is 0. The van der Waals surface area contributed by atoms with E-state index >= 15 is 0 Å². The first-order chi connectivity index (χ1) is 11.1. The maximum Gasteiger partial charge on any atom is 0.388 e. The molecule has 0 amide bonds. The second-order valence-corrected chi connectivity index (χ2v) is 6.37. The molecule has 0 unspecified atom stereocenters. The number of benzene rings is 1. The third-order valence-electron chi connectivity index (χ3n) is 4.02. The standard InChI is InChI=1S/C19H23N4/c1-14(2)16-7-5-8-17(15(3)4)18(16)22-11-12-23(13-22)19-20-9-6-10-21-19/h5-15H,1-4H3/q+1. The number of hydrogen-bond acceptors (Lipinski definition) is 2. The van der Waals surface area contributed by atoms with Gasteiger partial charge in [-0.3, -0.25) is 4.57 Å². The maximum atomic E-state index is 4.31. The average molecular weight is 307 g/mol. The minimum absolute atomic E-state index is 0.465. The Morgan fingerprint density at radius 3 is 2.09 bits per heavy atom. The third kappa shape index (κ3) is 3.02. The first-order valence-electron chi connectivity index (χ1n) is 8.07. The predicted molar refractivity (Wildman–Crippen MR) is 91.1 cm³/mol. The predicted octanol–water partition coefficient (Wildman–Crippen LogP) is 3.79. The van der Waals surface area contributed by atoms with Gasteiger partial charge in [0.1, 0.15) is 0 Å². The van der Waals surface area contributed by atoms with Crippen molar-refractivity contribution < 1.29 is 4.57 Å². The summed E-state index contributed by atoms with van der Waals surface area (Å²) < 4.78 is 4.13. The SMILES string of the molecule is CC(C)c1cccc(C(C)C)c1-n1cc[n+](-c2ncccn2)c1. The van der Waals surface area contributed by atoms with Crippen LogP contribution in [0.1, 0.15) is 50.7 Å². The van der Waals surface area contributed by atoms with Crippen LogP contribution in [0.2, 0.25) is 0 Å². The van der Waals surface area contributed by atoms with Crippen LogP contribution in [-0.2, 0) is 0 Å². The summed E-state index contributed by atoms with van der Waals surface area (Å²) in [5.41, 5.74) is 3.98. The molecule has 0 spiro atoms. The second-order valence-electron chi connectivity index (χ2n) is 6.37. The molecule has 0 atom stereocenters. The van der Waals surface area contributed by atoms with Gasteiger partial charge in [0.2, 0.25) is 0 Å². The van der Waals surface area contributed by atoms with Gasteiger partial charge in [-0.1, -0.05) is 45.9 Å². The molecule has 4 nitrogen and oxygen atoms in total. The number of hydrogen-bond donors (Lipinski definition) is 0. The molecule has 0 saturated heterocycles. The van der Waals surface area contributed by atoms with Crippen molar-refractivity contribution in [3.63, 3.8) is 0 Å². The van der Waals surface area contributed by atoms with Crippen molar-refractivity contribution in [2.24, 2.45) is 0 Å². The molecule has 3 aromatic rings. The van der Waals surface area contributed by atoms with E-state index in [1.807, 2.05) is 23.2 Å². The quantitative estimate of drug-likeness (QED) is 0.687. The summed E-state index contributed by atoms with van der Waals surface area (Å²) in [5, 5.41) is 0. The summed E-state index contributed by atoms with van der Waals surface area (Å²) in [4.78, 5) is 8.62. The summed E-state index contributed by atoms with van der Waals surface area (Å²) in [6.07, 6.45) is 9.63. The fraction of sp³-hybridized carbons (Fsp3) is 0.316. The van der Waals surface area contributed by atoms with E-state index < -0.39 is 0 Å². The first-order valence-corrected chi connectivity index (χ1v) is 8.07. The molecular weight excluding hydrogens is 284 g/mol. The first kappa shape index (κ1) is 15.4. The van der Waals surface area contributed by atoms with Crippen LogP contribution in [0.15, 0.2) is 55.4 Å². The Morgan fingerprint density at radius 2 is 1.52 bits per heavy atom. The Morgan fingerprint density at radius 1 is 0.913 bits per heavy atom. The molecule has 4 heteroatoms. The van der Waals surface area contributed by atoms with Crippen LogP contribution < -0.4 is 4.57 Å². The zero-order valence-electron chi connectivity index (χ0n) is 14.1. The van der Waals surface area contributed by atoms with E-state index in [1.54, 1.807) is 12.4 Å². The lowest BCUT2D eigenvalue weighted by Crippen LogP contribution is -2.30. The zero-order valence-corrected chi connectivity index (χ0v) is 14.1. The van der Waals surface area contributed by atoms with Gasteiger partial charge in [-0.15, -0.1) is 9.97 Å². The number of imidazole rings is 1. The second kappa shape index (κ2) is 6.32. The van der Waals surface area contributed by atoms with Crippen LogP contribution in [0.4, 0.5) is 0 Å². The molecule has 118 valence electrons. The molecule has 0 N–H and O–H groups in total. The smallest absolute Gasteiger partial charge is 0.253 e. The molecule has 2 heterocycles. The Bertz CT molecular complexity index is 762. The minimum atomic E-state index is 0.465. The number of aromatic nitrogens is 4. The molecule has 0 saturated carbocycles. The highest BCUT2D eigenvalue weighted by molar-refractivity contribution is 5.50. The lowest BCUT2D eigenvalue weighted by Gasteiger charge is -2.18. The zero-order chi connectivity index (χ0) is 16.4. The van der Waals surface area contributed by atoms with Crippen molar-refractivity contribution >= 4 is 0 Å². The molecule has 0 radical (unpaired) electrons. The third-order valence-corrected chi connectivity index (χ3v) is 4.02. The molecule has 0 fully saturated rings. The lowest BCUT2D eigenvalue weighted by atomic mass is 9.92. The summed E-state index contributed by atoms with van der Waals surface area (Å²) in [6, 6.07) is 8.42. The Balaban J connectivity index is 2.14. The van der Waals surface area contributed by atoms with Gasteiger partial charge >= 0.3 is 5.95 Å². The van der Waals surface area contributed by atoms with E-state index in [4.69, 9.17) is 0 Å². The topological polar surface area (TPSA) is 34.6 Å². The Labute approximate surface area is 137 Å². The molecule has 2 aromatic heterocycles. The summed E-state index contributed by atoms with van der Waals surface area (Å²) in [5.74, 6) is 1.61. The molecule has 0 bridgehead atoms. The maximum absolute atomic E-state index is 4.31. The van der Waals surface area contributed by atoms with Crippen LogP contribution in [0, 0.1) is 0 Å². The summed E-state index contributed by atoms with van der Waals surface area (Å²) in [6.45, 7) is 8.95. The molecule has 1 aromatic carbocycles. The van der Waals surface area contributed by atoms with Gasteiger partial charge in [-0.2, -0.15) is 4.57 Å². The van der Waals surface area contributed by atoms with E-state index in [1.165, 1.54) is 16.8 Å². The van der Waals surface area contributed by atoms with Crippen molar-refractivity contribution in [2.75, 3.05) is 0 Å². The van der Waals surface area contributed by atoms with E-state index in [9.17, 15) is 0 Å². The van der Waals surface area contributed by atoms with E-state index in [-0.39, 0.29) is 0 Å². The van der Waals surface area contributed by atoms with Crippen LogP contribution in [0.25, 0.3) is 11.6 Å². The van der Waals surface area contributed by atoms with Crippen molar-refractivity contribution in [1.82, 2.24) is 14.5 Å². The van der Waals surface area contributed by atoms with Crippen LogP contribution in [0.3, 0.4) is 0 Å². The van der Waals surface area contributed by atoms with Crippen LogP contribution in [-0.4, -0.2) is 14.5 Å². The fourth-order valence-electron chi connectivity index (χ4n) is 2.84. The van der Waals surface area contributed by atoms with Crippen LogP contribution >= 0.6 is 0 Å². The van der Waals surface area contributed by atoms with Gasteiger partial charge in [-0.25, -0.2) is 0 Å². The van der Waals surface area contributed by atoms with E-state index in [2.05, 4.69) is 66.6 Å². The molecular formula is C19H23N4+. The van der Waals surface area contributed by atoms with Gasteiger partial charge in [0.25, 0.3) is 0 Å². The summed E-state index contributed by atoms with van der Waals surface area (Å²) in [7, 11) is 0. The largest absolute Gasteiger partial charge is 0.388 e. The average Bonchev–Trinajstić information content (AvgIpc) is 3.04. The van der Waals surface area contributed by atoms with Crippen molar-refractivity contribution in [1.29, 1.82) is 0 Å². The normalized spacial score (nSPS) is 11.4. The van der Waals surface area contributed by atoms with Gasteiger partial charge in [0.15, 0.2) is 6.33 Å². The van der Waals surface area contributed by atoms with E-state index in [0.717, 1.165) is 0 Å². The van der Waals surface area contributed by atoms with Crippen molar-refractivity contribution in [3.05, 3.63) is 66.5 Å². The lowest BCUT2D eigenvalue weighted by molar-refractivity contribution is -0.602. The van der Waals surface area contributed by atoms with Crippen LogP contribution in [0.5, 0.6) is 0 Å². The fourth-order valence-corrected chi connectivity index (χ4v) is 2.84. The highest BCUT2D eigenvalue weighted by Gasteiger charge is 2.18. The molecule has 23 heavy (non-hydrogen) atoms. The Hall–Kier alpha value is -2.49. The Kier molecular flexibility index (Phi) is 4.24. The van der Waals surface area contributed by atoms with Crippen molar-refractivity contribution in [2.45, 2.75) is 39.5 Å². The highest BCUT2D eigenvalue weighted by Crippen LogP contribution is 2.30. The highest BCUT2D eigenvalue weighted by atomic mass is 15.2. The number of para-hydroxylation sites is 1. The number of rotatable bonds is 4.